The smallest absolute Gasteiger partial charge is 0.349 e. The van der Waals surface area contributed by atoms with Gasteiger partial charge in [-0.05, 0) is 85.0 Å². The first-order valence-corrected chi connectivity index (χ1v) is 9.60. The van der Waals surface area contributed by atoms with Crippen LogP contribution in [-0.2, 0) is 20.7 Å². The first kappa shape index (κ1) is 17.5. The minimum atomic E-state index is -0.570. The van der Waals surface area contributed by atoms with Crippen LogP contribution in [0.3, 0.4) is 0 Å². The number of aryl methyl sites for hydroxylation is 1. The number of benzene rings is 1. The molecule has 0 heterocycles. The van der Waals surface area contributed by atoms with Crippen LogP contribution in [0.5, 0.6) is 5.75 Å². The minimum Gasteiger partial charge on any atom is -0.456 e. The number of aliphatic hydroxyl groups excluding tert-OH is 1. The zero-order chi connectivity index (χ0) is 18.3. The van der Waals surface area contributed by atoms with Crippen molar-refractivity contribution in [1.82, 2.24) is 0 Å². The highest BCUT2D eigenvalue weighted by Crippen LogP contribution is 2.60. The maximum atomic E-state index is 11.6. The van der Waals surface area contributed by atoms with E-state index in [1.807, 2.05) is 12.1 Å². The van der Waals surface area contributed by atoms with E-state index in [1.54, 1.807) is 0 Å². The highest BCUT2D eigenvalue weighted by molar-refractivity contribution is 5.74. The van der Waals surface area contributed by atoms with E-state index in [0.29, 0.717) is 23.5 Å². The van der Waals surface area contributed by atoms with Gasteiger partial charge in [0.05, 0.1) is 6.10 Å². The molecular formula is C21H26O5. The summed E-state index contributed by atoms with van der Waals surface area (Å²) in [5, 5.41) is 10.5. The van der Waals surface area contributed by atoms with Crippen molar-refractivity contribution >= 4 is 12.4 Å². The Morgan fingerprint density at radius 1 is 1.31 bits per heavy atom. The Morgan fingerprint density at radius 2 is 2.15 bits per heavy atom. The van der Waals surface area contributed by atoms with Crippen LogP contribution in [0.2, 0.25) is 0 Å². The van der Waals surface area contributed by atoms with E-state index in [2.05, 4.69) is 17.7 Å². The van der Waals surface area contributed by atoms with E-state index in [9.17, 15) is 14.7 Å². The molecule has 5 nitrogen and oxygen atoms in total. The average Bonchev–Trinajstić information content (AvgIpc) is 2.94. The molecule has 0 aliphatic heterocycles. The van der Waals surface area contributed by atoms with Crippen LogP contribution in [0.15, 0.2) is 18.2 Å². The molecule has 1 unspecified atom stereocenters. The van der Waals surface area contributed by atoms with Crippen molar-refractivity contribution in [3.8, 4) is 5.75 Å². The highest BCUT2D eigenvalue weighted by atomic mass is 16.6. The SMILES string of the molecule is C[C@]12CC[C@@H]3c4ccc(OC(=O)COC=O)cc4CCC3[C@@H]1CC[C@H]2O. The van der Waals surface area contributed by atoms with Crippen molar-refractivity contribution in [3.63, 3.8) is 0 Å². The zero-order valence-electron chi connectivity index (χ0n) is 15.1. The van der Waals surface area contributed by atoms with E-state index in [4.69, 9.17) is 4.74 Å². The van der Waals surface area contributed by atoms with Gasteiger partial charge in [0.2, 0.25) is 0 Å². The van der Waals surface area contributed by atoms with Gasteiger partial charge in [0.1, 0.15) is 5.75 Å². The third-order valence-electron chi connectivity index (χ3n) is 7.15. The molecule has 0 spiro atoms. The number of aliphatic hydroxyl groups is 1. The molecule has 26 heavy (non-hydrogen) atoms. The maximum absolute atomic E-state index is 11.6. The van der Waals surface area contributed by atoms with Gasteiger partial charge in [0.15, 0.2) is 6.61 Å². The van der Waals surface area contributed by atoms with Crippen molar-refractivity contribution in [2.75, 3.05) is 6.61 Å². The Labute approximate surface area is 153 Å². The van der Waals surface area contributed by atoms with Gasteiger partial charge in [-0.25, -0.2) is 4.79 Å². The molecular weight excluding hydrogens is 332 g/mol. The van der Waals surface area contributed by atoms with Gasteiger partial charge in [0, 0.05) is 0 Å². The number of rotatable bonds is 4. The number of esters is 1. The lowest BCUT2D eigenvalue weighted by Crippen LogP contribution is -2.43. The molecule has 1 aromatic rings. The monoisotopic (exact) mass is 358 g/mol. The summed E-state index contributed by atoms with van der Waals surface area (Å²) in [7, 11) is 0. The largest absolute Gasteiger partial charge is 0.456 e. The first-order chi connectivity index (χ1) is 12.5. The molecule has 0 amide bonds. The fraction of sp³-hybridized carbons (Fsp3) is 0.619. The number of ether oxygens (including phenoxy) is 2. The second kappa shape index (κ2) is 6.69. The second-order valence-electron chi connectivity index (χ2n) is 8.30. The van der Waals surface area contributed by atoms with Gasteiger partial charge in [-0.3, -0.25) is 4.79 Å². The Hall–Kier alpha value is -1.88. The summed E-state index contributed by atoms with van der Waals surface area (Å²) in [6.07, 6.45) is 6.25. The molecule has 3 aliphatic carbocycles. The molecule has 3 aliphatic rings. The first-order valence-electron chi connectivity index (χ1n) is 9.60. The average molecular weight is 358 g/mol. The van der Waals surface area contributed by atoms with Crippen molar-refractivity contribution in [1.29, 1.82) is 0 Å². The summed E-state index contributed by atoms with van der Waals surface area (Å²) in [6, 6.07) is 5.91. The Kier molecular flexibility index (Phi) is 4.51. The summed E-state index contributed by atoms with van der Waals surface area (Å²) in [5.74, 6) is 1.75. The van der Waals surface area contributed by atoms with Crippen LogP contribution in [0, 0.1) is 17.3 Å². The lowest BCUT2D eigenvalue weighted by molar-refractivity contribution is -0.145. The normalized spacial score (nSPS) is 35.0. The van der Waals surface area contributed by atoms with E-state index in [-0.39, 0.29) is 24.6 Å². The summed E-state index contributed by atoms with van der Waals surface area (Å²) in [5.41, 5.74) is 2.73. The van der Waals surface area contributed by atoms with Crippen molar-refractivity contribution < 1.29 is 24.2 Å². The maximum Gasteiger partial charge on any atom is 0.349 e. The van der Waals surface area contributed by atoms with Gasteiger partial charge in [-0.1, -0.05) is 13.0 Å². The van der Waals surface area contributed by atoms with E-state index in [1.165, 1.54) is 11.1 Å². The van der Waals surface area contributed by atoms with Crippen LogP contribution in [-0.4, -0.2) is 30.3 Å². The van der Waals surface area contributed by atoms with Crippen LogP contribution >= 0.6 is 0 Å². The number of hydrogen-bond donors (Lipinski definition) is 1. The lowest BCUT2D eigenvalue weighted by Gasteiger charge is -2.50. The van der Waals surface area contributed by atoms with Gasteiger partial charge < -0.3 is 14.6 Å². The third kappa shape index (κ3) is 2.82. The molecule has 1 N–H and O–H groups in total. The number of fused-ring (bicyclic) bond motifs is 5. The van der Waals surface area contributed by atoms with Crippen molar-refractivity contribution in [2.45, 2.75) is 57.5 Å². The molecule has 1 aromatic carbocycles. The molecule has 140 valence electrons. The standard InChI is InChI=1S/C21H26O5/c1-21-9-8-16-15-5-3-14(26-20(24)11-25-12-22)10-13(15)2-4-17(16)18(21)6-7-19(21)23/h3,5,10,12,16-19,23H,2,4,6-9,11H2,1H3/t16-,17?,18+,19-,21+/m1/s1. The molecule has 5 heteroatoms. The molecule has 0 aromatic heterocycles. The number of carbonyl (C=O) groups excluding carboxylic acids is 2. The molecule has 2 fully saturated rings. The summed E-state index contributed by atoms with van der Waals surface area (Å²) >= 11 is 0. The van der Waals surface area contributed by atoms with E-state index < -0.39 is 5.97 Å². The van der Waals surface area contributed by atoms with Crippen LogP contribution in [0.4, 0.5) is 0 Å². The molecule has 0 saturated heterocycles. The fourth-order valence-corrected chi connectivity index (χ4v) is 5.86. The van der Waals surface area contributed by atoms with Crippen LogP contribution in [0.1, 0.15) is 56.1 Å². The van der Waals surface area contributed by atoms with Crippen LogP contribution in [0.25, 0.3) is 0 Å². The summed E-state index contributed by atoms with van der Waals surface area (Å²) in [4.78, 5) is 21.8. The Balaban J connectivity index is 1.52. The topological polar surface area (TPSA) is 72.8 Å². The van der Waals surface area contributed by atoms with E-state index >= 15 is 0 Å². The van der Waals surface area contributed by atoms with Gasteiger partial charge in [0.25, 0.3) is 6.47 Å². The minimum absolute atomic E-state index is 0.0900. The number of hydrogen-bond acceptors (Lipinski definition) is 5. The van der Waals surface area contributed by atoms with Gasteiger partial charge >= 0.3 is 5.97 Å². The quantitative estimate of drug-likeness (QED) is 0.509. The van der Waals surface area contributed by atoms with Crippen LogP contribution < -0.4 is 4.74 Å². The molecule has 2 saturated carbocycles. The Bertz CT molecular complexity index is 714. The van der Waals surface area contributed by atoms with Gasteiger partial charge in [-0.15, -0.1) is 0 Å². The molecule has 5 atom stereocenters. The lowest BCUT2D eigenvalue weighted by atomic mass is 9.55. The summed E-state index contributed by atoms with van der Waals surface area (Å²) in [6.45, 7) is 2.16. The molecule has 0 bridgehead atoms. The second-order valence-corrected chi connectivity index (χ2v) is 8.30. The van der Waals surface area contributed by atoms with Crippen molar-refractivity contribution in [2.24, 2.45) is 17.3 Å². The Morgan fingerprint density at radius 3 is 2.96 bits per heavy atom. The fourth-order valence-electron chi connectivity index (χ4n) is 5.86. The summed E-state index contributed by atoms with van der Waals surface area (Å²) < 4.78 is 9.70. The van der Waals surface area contributed by atoms with Crippen molar-refractivity contribution in [3.05, 3.63) is 29.3 Å². The number of carbonyl (C=O) groups is 2. The predicted molar refractivity (Wildman–Crippen MR) is 94.7 cm³/mol. The zero-order valence-corrected chi connectivity index (χ0v) is 15.1. The van der Waals surface area contributed by atoms with E-state index in [0.717, 1.165) is 38.5 Å². The third-order valence-corrected chi connectivity index (χ3v) is 7.15. The predicted octanol–water partition coefficient (Wildman–Crippen LogP) is 2.98. The van der Waals surface area contributed by atoms with Gasteiger partial charge in [-0.2, -0.15) is 0 Å². The molecule has 4 rings (SSSR count). The molecule has 0 radical (unpaired) electrons. The highest BCUT2D eigenvalue weighted by Gasteiger charge is 2.54.